The first kappa shape index (κ1) is 19.6. The molecule has 6 heteroatoms. The number of hydrogen-bond donors (Lipinski definition) is 2. The van der Waals surface area contributed by atoms with Crippen LogP contribution in [0.1, 0.15) is 40.7 Å². The topological polar surface area (TPSA) is 86.7 Å². The van der Waals surface area contributed by atoms with Crippen LogP contribution in [0.4, 0.5) is 5.69 Å². The first-order valence-electron chi connectivity index (χ1n) is 9.44. The Kier molecular flexibility index (Phi) is 6.09. The van der Waals surface area contributed by atoms with Gasteiger partial charge in [0.2, 0.25) is 11.8 Å². The Balaban J connectivity index is 1.60. The zero-order chi connectivity index (χ0) is 20.1. The normalized spacial score (nSPS) is 16.7. The predicted octanol–water partition coefficient (Wildman–Crippen LogP) is 2.94. The lowest BCUT2D eigenvalue weighted by Crippen LogP contribution is -2.52. The molecule has 3 rings (SSSR count). The van der Waals surface area contributed by atoms with E-state index < -0.39 is 12.0 Å². The van der Waals surface area contributed by atoms with Gasteiger partial charge in [0.15, 0.2) is 0 Å². The lowest BCUT2D eigenvalue weighted by molar-refractivity contribution is -0.128. The number of aryl methyl sites for hydroxylation is 2. The van der Waals surface area contributed by atoms with Gasteiger partial charge in [0.25, 0.3) is 0 Å². The summed E-state index contributed by atoms with van der Waals surface area (Å²) in [6.07, 6.45) is 1.88. The molecule has 0 bridgehead atoms. The first-order valence-corrected chi connectivity index (χ1v) is 9.44. The van der Waals surface area contributed by atoms with Crippen molar-refractivity contribution >= 4 is 23.5 Å². The molecule has 2 amide bonds. The van der Waals surface area contributed by atoms with Crippen molar-refractivity contribution in [3.05, 3.63) is 65.2 Å². The fraction of sp³-hybridized carbons (Fsp3) is 0.318. The summed E-state index contributed by atoms with van der Waals surface area (Å²) < 4.78 is 0. The SMILES string of the molecule is Cc1ccc(N2CCCC(NC(=O)CCc3ccccc3C(=O)O)C2=O)cc1. The van der Waals surface area contributed by atoms with E-state index in [4.69, 9.17) is 0 Å². The molecule has 2 aromatic rings. The van der Waals surface area contributed by atoms with Crippen LogP contribution in [0.25, 0.3) is 0 Å². The number of amides is 2. The smallest absolute Gasteiger partial charge is 0.335 e. The molecule has 0 aliphatic carbocycles. The Morgan fingerprint density at radius 1 is 1.14 bits per heavy atom. The molecule has 1 atom stereocenters. The molecule has 1 saturated heterocycles. The van der Waals surface area contributed by atoms with Gasteiger partial charge in [-0.3, -0.25) is 9.59 Å². The quantitative estimate of drug-likeness (QED) is 0.807. The molecule has 28 heavy (non-hydrogen) atoms. The van der Waals surface area contributed by atoms with Gasteiger partial charge in [-0.1, -0.05) is 35.9 Å². The summed E-state index contributed by atoms with van der Waals surface area (Å²) in [5.74, 6) is -1.36. The van der Waals surface area contributed by atoms with Crippen molar-refractivity contribution < 1.29 is 19.5 Å². The number of benzene rings is 2. The molecule has 1 unspecified atom stereocenters. The highest BCUT2D eigenvalue weighted by Crippen LogP contribution is 2.22. The van der Waals surface area contributed by atoms with Crippen LogP contribution < -0.4 is 10.2 Å². The second-order valence-corrected chi connectivity index (χ2v) is 7.05. The molecule has 6 nitrogen and oxygen atoms in total. The predicted molar refractivity (Wildman–Crippen MR) is 106 cm³/mol. The van der Waals surface area contributed by atoms with Crippen molar-refractivity contribution in [1.29, 1.82) is 0 Å². The monoisotopic (exact) mass is 380 g/mol. The van der Waals surface area contributed by atoms with Crippen molar-refractivity contribution in [1.82, 2.24) is 5.32 Å². The Morgan fingerprint density at radius 3 is 2.57 bits per heavy atom. The highest BCUT2D eigenvalue weighted by molar-refractivity contribution is 6.00. The zero-order valence-corrected chi connectivity index (χ0v) is 15.9. The molecule has 0 aromatic heterocycles. The van der Waals surface area contributed by atoms with Crippen molar-refractivity contribution in [2.75, 3.05) is 11.4 Å². The number of hydrogen-bond acceptors (Lipinski definition) is 3. The van der Waals surface area contributed by atoms with E-state index in [2.05, 4.69) is 5.32 Å². The summed E-state index contributed by atoms with van der Waals surface area (Å²) in [4.78, 5) is 38.2. The van der Waals surface area contributed by atoms with Crippen LogP contribution in [-0.4, -0.2) is 35.5 Å². The maximum absolute atomic E-state index is 12.8. The van der Waals surface area contributed by atoms with E-state index in [1.807, 2.05) is 31.2 Å². The second-order valence-electron chi connectivity index (χ2n) is 7.05. The van der Waals surface area contributed by atoms with Crippen LogP contribution in [0.3, 0.4) is 0 Å². The fourth-order valence-corrected chi connectivity index (χ4v) is 3.45. The highest BCUT2D eigenvalue weighted by atomic mass is 16.4. The van der Waals surface area contributed by atoms with E-state index in [1.165, 1.54) is 6.07 Å². The van der Waals surface area contributed by atoms with Gasteiger partial charge in [0.05, 0.1) is 5.56 Å². The fourth-order valence-electron chi connectivity index (χ4n) is 3.45. The van der Waals surface area contributed by atoms with Crippen LogP contribution in [0.2, 0.25) is 0 Å². The van der Waals surface area contributed by atoms with Gasteiger partial charge in [0.1, 0.15) is 6.04 Å². The first-order chi connectivity index (χ1) is 13.5. The summed E-state index contributed by atoms with van der Waals surface area (Å²) in [5, 5.41) is 12.1. The van der Waals surface area contributed by atoms with Gasteiger partial charge >= 0.3 is 5.97 Å². The molecule has 1 fully saturated rings. The summed E-state index contributed by atoms with van der Waals surface area (Å²) >= 11 is 0. The molecule has 2 aromatic carbocycles. The number of carboxylic acids is 1. The van der Waals surface area contributed by atoms with E-state index in [0.29, 0.717) is 24.9 Å². The second kappa shape index (κ2) is 8.69. The van der Waals surface area contributed by atoms with Crippen LogP contribution >= 0.6 is 0 Å². The number of nitrogens with one attached hydrogen (secondary N) is 1. The van der Waals surface area contributed by atoms with E-state index >= 15 is 0 Å². The van der Waals surface area contributed by atoms with Crippen molar-refractivity contribution in [2.24, 2.45) is 0 Å². The summed E-state index contributed by atoms with van der Waals surface area (Å²) in [5.41, 5.74) is 2.78. The van der Waals surface area contributed by atoms with Gasteiger partial charge in [-0.2, -0.15) is 0 Å². The Morgan fingerprint density at radius 2 is 1.86 bits per heavy atom. The van der Waals surface area contributed by atoms with E-state index in [0.717, 1.165) is 17.7 Å². The average molecular weight is 380 g/mol. The molecule has 1 heterocycles. The molecular formula is C22H24N2O4. The Bertz CT molecular complexity index is 876. The molecule has 146 valence electrons. The summed E-state index contributed by atoms with van der Waals surface area (Å²) in [6.45, 7) is 2.63. The molecule has 1 aliphatic rings. The highest BCUT2D eigenvalue weighted by Gasteiger charge is 2.30. The number of piperidine rings is 1. The lowest BCUT2D eigenvalue weighted by atomic mass is 10.0. The van der Waals surface area contributed by atoms with Crippen LogP contribution in [-0.2, 0) is 16.0 Å². The number of nitrogens with zero attached hydrogens (tertiary/aromatic N) is 1. The lowest BCUT2D eigenvalue weighted by Gasteiger charge is -2.32. The molecule has 0 radical (unpaired) electrons. The minimum absolute atomic E-state index is 0.102. The van der Waals surface area contributed by atoms with E-state index in [-0.39, 0.29) is 23.8 Å². The van der Waals surface area contributed by atoms with Crippen LogP contribution in [0.5, 0.6) is 0 Å². The van der Waals surface area contributed by atoms with Crippen molar-refractivity contribution in [2.45, 2.75) is 38.6 Å². The van der Waals surface area contributed by atoms with Gasteiger partial charge in [-0.05, 0) is 49.9 Å². The number of rotatable bonds is 6. The molecular weight excluding hydrogens is 356 g/mol. The third-order valence-corrected chi connectivity index (χ3v) is 4.99. The minimum atomic E-state index is -1.01. The maximum Gasteiger partial charge on any atom is 0.335 e. The Labute approximate surface area is 164 Å². The van der Waals surface area contributed by atoms with Crippen molar-refractivity contribution in [3.63, 3.8) is 0 Å². The van der Waals surface area contributed by atoms with Crippen LogP contribution in [0, 0.1) is 6.92 Å². The standard InChI is InChI=1S/C22H24N2O4/c1-15-8-11-17(12-9-15)24-14-4-7-19(21(24)26)23-20(25)13-10-16-5-2-3-6-18(16)22(27)28/h2-3,5-6,8-9,11-12,19H,4,7,10,13-14H2,1H3,(H,23,25)(H,27,28). The minimum Gasteiger partial charge on any atom is -0.478 e. The number of carbonyl (C=O) groups is 3. The number of anilines is 1. The third kappa shape index (κ3) is 4.57. The van der Waals surface area contributed by atoms with E-state index in [1.54, 1.807) is 23.1 Å². The summed E-state index contributed by atoms with van der Waals surface area (Å²) in [6, 6.07) is 13.9. The van der Waals surface area contributed by atoms with Crippen LogP contribution in [0.15, 0.2) is 48.5 Å². The average Bonchev–Trinajstić information content (AvgIpc) is 2.69. The van der Waals surface area contributed by atoms with E-state index in [9.17, 15) is 19.5 Å². The van der Waals surface area contributed by atoms with Gasteiger partial charge < -0.3 is 15.3 Å². The molecule has 0 saturated carbocycles. The third-order valence-electron chi connectivity index (χ3n) is 4.99. The largest absolute Gasteiger partial charge is 0.478 e. The molecule has 2 N–H and O–H groups in total. The Hall–Kier alpha value is -3.15. The van der Waals surface area contributed by atoms with Crippen molar-refractivity contribution in [3.8, 4) is 0 Å². The number of carbonyl (C=O) groups excluding carboxylic acids is 2. The molecule has 1 aliphatic heterocycles. The van der Waals surface area contributed by atoms with Gasteiger partial charge in [0, 0.05) is 18.7 Å². The maximum atomic E-state index is 12.8. The van der Waals surface area contributed by atoms with Gasteiger partial charge in [-0.15, -0.1) is 0 Å². The zero-order valence-electron chi connectivity index (χ0n) is 15.9. The summed E-state index contributed by atoms with van der Waals surface area (Å²) in [7, 11) is 0. The number of aromatic carboxylic acids is 1. The van der Waals surface area contributed by atoms with Gasteiger partial charge in [-0.25, -0.2) is 4.79 Å². The number of carboxylic acid groups (broad SMARTS) is 1. The molecule has 0 spiro atoms.